The van der Waals surface area contributed by atoms with E-state index in [-0.39, 0.29) is 0 Å². The van der Waals surface area contributed by atoms with Crippen molar-refractivity contribution in [1.29, 1.82) is 0 Å². The fraction of sp³-hybridized carbons (Fsp3) is 0. The fourth-order valence-corrected chi connectivity index (χ4v) is 9.99. The first-order valence-electron chi connectivity index (χ1n) is 17.2. The molecule has 8 aromatic carbocycles. The number of hydrogen-bond acceptors (Lipinski definition) is 3. The van der Waals surface area contributed by atoms with Gasteiger partial charge in [-0.05, 0) is 68.7 Å². The van der Waals surface area contributed by atoms with Gasteiger partial charge in [0.05, 0.1) is 26.8 Å². The van der Waals surface area contributed by atoms with Gasteiger partial charge in [-0.15, -0.1) is 11.3 Å². The highest BCUT2D eigenvalue weighted by molar-refractivity contribution is 7.26. The minimum atomic E-state index is 1.000. The highest BCUT2D eigenvalue weighted by Gasteiger charge is 2.27. The number of aromatic nitrogens is 4. The van der Waals surface area contributed by atoms with Crippen LogP contribution in [0.3, 0.4) is 0 Å². The summed E-state index contributed by atoms with van der Waals surface area (Å²) in [5, 5.41) is 14.9. The molecule has 0 unspecified atom stereocenters. The van der Waals surface area contributed by atoms with Gasteiger partial charge < -0.3 is 9.13 Å². The number of thiophene rings is 1. The Labute approximate surface area is 295 Å². The molecule has 0 spiro atoms. The maximum absolute atomic E-state index is 4.81. The second-order valence-corrected chi connectivity index (χ2v) is 14.4. The van der Waals surface area contributed by atoms with Crippen molar-refractivity contribution < 1.29 is 0 Å². The first kappa shape index (κ1) is 27.3. The summed E-state index contributed by atoms with van der Waals surface area (Å²) in [6.45, 7) is 0. The van der Waals surface area contributed by atoms with Crippen LogP contribution in [0.1, 0.15) is 0 Å². The molecule has 0 N–H and O–H groups in total. The Morgan fingerprint density at radius 1 is 0.412 bits per heavy atom. The Hall–Kier alpha value is -6.56. The van der Waals surface area contributed by atoms with Crippen LogP contribution in [0.15, 0.2) is 158 Å². The van der Waals surface area contributed by atoms with Gasteiger partial charge in [-0.3, -0.25) is 0 Å². The van der Waals surface area contributed by atoms with Crippen LogP contribution in [0.2, 0.25) is 0 Å². The molecule has 0 saturated carbocycles. The summed E-state index contributed by atoms with van der Waals surface area (Å²) in [5.74, 6) is 0. The van der Waals surface area contributed by atoms with Gasteiger partial charge in [0.2, 0.25) is 0 Å². The third kappa shape index (κ3) is 3.53. The molecule has 0 bridgehead atoms. The van der Waals surface area contributed by atoms with E-state index < -0.39 is 0 Å². The third-order valence-corrected chi connectivity index (χ3v) is 11.9. The predicted molar refractivity (Wildman–Crippen MR) is 216 cm³/mol. The average molecular weight is 667 g/mol. The smallest absolute Gasteiger partial charge is 0.127 e. The molecule has 0 aliphatic heterocycles. The van der Waals surface area contributed by atoms with E-state index >= 15 is 0 Å². The molecule has 12 rings (SSSR count). The molecule has 0 radical (unpaired) electrons. The molecule has 4 heterocycles. The van der Waals surface area contributed by atoms with Gasteiger partial charge in [-0.2, -0.15) is 0 Å². The Kier molecular flexibility index (Phi) is 5.35. The monoisotopic (exact) mass is 666 g/mol. The van der Waals surface area contributed by atoms with Crippen LogP contribution in [0.5, 0.6) is 0 Å². The molecule has 4 aromatic heterocycles. The van der Waals surface area contributed by atoms with Gasteiger partial charge in [-0.1, -0.05) is 109 Å². The summed E-state index contributed by atoms with van der Waals surface area (Å²) < 4.78 is 6.20. The quantitative estimate of drug-likeness (QED) is 0.172. The number of hydrogen-bond donors (Lipinski definition) is 0. The van der Waals surface area contributed by atoms with Crippen molar-refractivity contribution in [2.24, 2.45) is 0 Å². The summed E-state index contributed by atoms with van der Waals surface area (Å²) in [6.07, 6.45) is 3.67. The minimum Gasteiger partial charge on any atom is -0.308 e. The van der Waals surface area contributed by atoms with Crippen LogP contribution in [-0.4, -0.2) is 19.1 Å². The standard InChI is InChI=1S/C46H26N4S/c1-2-12-27(13-3-1)49-39-21-11-9-19-35(39)42-43-40(41-37-25-47-26-48-46(37)51-45(41)44(42)49)34-18-8-10-20-38(34)50(43)28-22-23-33-31-16-5-4-14-29(31)30-15-6-7-17-32(30)36(33)24-28/h1-26H. The van der Waals surface area contributed by atoms with Gasteiger partial charge in [0.25, 0.3) is 0 Å². The zero-order valence-electron chi connectivity index (χ0n) is 27.2. The number of para-hydroxylation sites is 3. The lowest BCUT2D eigenvalue weighted by atomic mass is 9.94. The van der Waals surface area contributed by atoms with E-state index in [0.717, 1.165) is 21.6 Å². The maximum atomic E-state index is 4.81. The molecule has 5 heteroatoms. The first-order chi connectivity index (χ1) is 25.3. The average Bonchev–Trinajstić information content (AvgIpc) is 3.86. The Morgan fingerprint density at radius 3 is 1.65 bits per heavy atom. The van der Waals surface area contributed by atoms with Gasteiger partial charge >= 0.3 is 0 Å². The van der Waals surface area contributed by atoms with E-state index in [4.69, 9.17) is 4.98 Å². The lowest BCUT2D eigenvalue weighted by Crippen LogP contribution is -1.96. The van der Waals surface area contributed by atoms with Crippen LogP contribution >= 0.6 is 11.3 Å². The second kappa shape index (κ2) is 10.0. The molecule has 0 amide bonds. The molecule has 51 heavy (non-hydrogen) atoms. The van der Waals surface area contributed by atoms with Gasteiger partial charge in [-0.25, -0.2) is 9.97 Å². The van der Waals surface area contributed by atoms with Crippen LogP contribution in [0.4, 0.5) is 0 Å². The van der Waals surface area contributed by atoms with E-state index in [1.54, 1.807) is 17.7 Å². The molecule has 4 nitrogen and oxygen atoms in total. The van der Waals surface area contributed by atoms with Gasteiger partial charge in [0, 0.05) is 49.9 Å². The van der Waals surface area contributed by atoms with Crippen molar-refractivity contribution in [1.82, 2.24) is 19.1 Å². The Balaban J connectivity index is 1.36. The lowest BCUT2D eigenvalue weighted by molar-refractivity contribution is 1.18. The molecular weight excluding hydrogens is 641 g/mol. The number of benzene rings is 8. The summed E-state index contributed by atoms with van der Waals surface area (Å²) >= 11 is 1.77. The molecular formula is C46H26N4S. The second-order valence-electron chi connectivity index (χ2n) is 13.4. The molecule has 12 aromatic rings. The largest absolute Gasteiger partial charge is 0.308 e. The first-order valence-corrected chi connectivity index (χ1v) is 18.1. The molecule has 0 saturated heterocycles. The topological polar surface area (TPSA) is 35.6 Å². The molecule has 236 valence electrons. The van der Waals surface area contributed by atoms with Gasteiger partial charge in [0.15, 0.2) is 0 Å². The normalized spacial score (nSPS) is 12.3. The SMILES string of the molecule is c1ccc(-n2c3ccccc3c3c2c2sc4ncncc4c2c2c4ccccc4n(-c4ccc5c6ccccc6c6ccccc6c5c4)c23)cc1. The fourth-order valence-electron chi connectivity index (χ4n) is 8.83. The van der Waals surface area contributed by atoms with Crippen LogP contribution in [0, 0.1) is 0 Å². The van der Waals surface area contributed by atoms with E-state index in [1.165, 1.54) is 86.0 Å². The minimum absolute atomic E-state index is 1.000. The number of fused-ring (bicyclic) bond motifs is 18. The predicted octanol–water partition coefficient (Wildman–Crippen LogP) is 12.5. The Bertz CT molecular complexity index is 3390. The molecule has 0 fully saturated rings. The van der Waals surface area contributed by atoms with Crippen molar-refractivity contribution in [3.05, 3.63) is 158 Å². The number of rotatable bonds is 2. The van der Waals surface area contributed by atoms with E-state index in [1.807, 2.05) is 6.20 Å². The van der Waals surface area contributed by atoms with Gasteiger partial charge in [0.1, 0.15) is 11.2 Å². The van der Waals surface area contributed by atoms with Crippen molar-refractivity contribution in [3.8, 4) is 11.4 Å². The molecule has 0 aliphatic rings. The maximum Gasteiger partial charge on any atom is 0.127 e. The van der Waals surface area contributed by atoms with Crippen LogP contribution < -0.4 is 0 Å². The van der Waals surface area contributed by atoms with E-state index in [2.05, 4.69) is 160 Å². The summed E-state index contributed by atoms with van der Waals surface area (Å²) in [7, 11) is 0. The molecule has 0 aliphatic carbocycles. The van der Waals surface area contributed by atoms with Crippen LogP contribution in [-0.2, 0) is 0 Å². The zero-order valence-corrected chi connectivity index (χ0v) is 28.0. The van der Waals surface area contributed by atoms with Crippen LogP contribution in [0.25, 0.3) is 108 Å². The van der Waals surface area contributed by atoms with Crippen molar-refractivity contribution in [2.45, 2.75) is 0 Å². The van der Waals surface area contributed by atoms with Crippen molar-refractivity contribution >= 4 is 108 Å². The third-order valence-electron chi connectivity index (χ3n) is 10.8. The zero-order chi connectivity index (χ0) is 33.2. The Morgan fingerprint density at radius 2 is 0.961 bits per heavy atom. The lowest BCUT2D eigenvalue weighted by Gasteiger charge is -2.14. The summed E-state index contributed by atoms with van der Waals surface area (Å²) in [5.41, 5.74) is 7.05. The highest BCUT2D eigenvalue weighted by atomic mass is 32.1. The van der Waals surface area contributed by atoms with Crippen molar-refractivity contribution in [3.63, 3.8) is 0 Å². The highest BCUT2D eigenvalue weighted by Crippen LogP contribution is 2.51. The van der Waals surface area contributed by atoms with Crippen molar-refractivity contribution in [2.75, 3.05) is 0 Å². The number of nitrogens with zero attached hydrogens (tertiary/aromatic N) is 4. The van der Waals surface area contributed by atoms with E-state index in [9.17, 15) is 0 Å². The summed E-state index contributed by atoms with van der Waals surface area (Å²) in [6, 6.07) is 53.2. The molecule has 0 atom stereocenters. The summed E-state index contributed by atoms with van der Waals surface area (Å²) in [4.78, 5) is 10.4. The van der Waals surface area contributed by atoms with E-state index in [0.29, 0.717) is 0 Å².